The van der Waals surface area contributed by atoms with Crippen LogP contribution in [-0.4, -0.2) is 57.6 Å². The maximum atomic E-state index is 13.6. The monoisotopic (exact) mass is 1510 g/mol. The summed E-state index contributed by atoms with van der Waals surface area (Å²) in [5, 5.41) is 1.06. The number of fused-ring (bicyclic) bond motifs is 2. The maximum absolute atomic E-state index is 13.6. The lowest BCUT2D eigenvalue weighted by Gasteiger charge is -2.26. The number of aromatic nitrogens is 3. The third-order valence-electron chi connectivity index (χ3n) is 19.9. The van der Waals surface area contributed by atoms with Crippen LogP contribution in [0.2, 0.25) is 0 Å². The van der Waals surface area contributed by atoms with E-state index in [1.807, 2.05) is 243 Å². The molecule has 0 spiro atoms. The van der Waals surface area contributed by atoms with Crippen LogP contribution in [0.3, 0.4) is 0 Å². The molecule has 16 rings (SSSR count). The average molecular weight is 1510 g/mol. The van der Waals surface area contributed by atoms with Gasteiger partial charge in [0.2, 0.25) is 0 Å². The molecule has 0 aliphatic carbocycles. The molecule has 4 heterocycles. The smallest absolute Gasteiger partial charge is 0.344 e. The number of aryl methyl sites for hydroxylation is 2. The Kier molecular flexibility index (Phi) is 21.6. The predicted octanol–water partition coefficient (Wildman–Crippen LogP) is 21.9. The Balaban J connectivity index is 0.000000180. The standard InChI is InChI=1S/C48H40N4O5.C48H39N3O6/c1-31-5-11-34(12-6-31)51(37-17-23-40(55-2)24-18-37)35-13-7-32(8-14-35)45-29-43-44(47(53)49-45)30-46(50-48(43)54)33-9-15-36(16-10-33)52(38-19-25-41(56-3)26-20-38)39-21-27-42(57-4)28-22-39;1-31-5-11-34(12-6-31)50(37-17-23-40(54-2)24-18-37)35-13-7-32(8-14-35)45-29-44-43(47(52)49-45)30-46(57-48(44)53)33-9-15-36(16-10-33)51(38-19-25-41(55-3)26-20-38)39-21-27-42(56-4)28-22-39/h5-30H,1-4H3,(H,49,53)(H,50,54);5-30H,1-4H3,(H,49,52). The van der Waals surface area contributed by atoms with Crippen molar-refractivity contribution in [3.8, 4) is 79.6 Å². The molecule has 0 fully saturated rings. The molecule has 114 heavy (non-hydrogen) atoms. The van der Waals surface area contributed by atoms with Crippen LogP contribution in [0.5, 0.6) is 34.5 Å². The van der Waals surface area contributed by atoms with Gasteiger partial charge in [-0.1, -0.05) is 71.8 Å². The first-order valence-electron chi connectivity index (χ1n) is 36.7. The molecule has 16 aromatic rings. The highest BCUT2D eigenvalue weighted by molar-refractivity contribution is 5.91. The lowest BCUT2D eigenvalue weighted by Crippen LogP contribution is -2.15. The van der Waals surface area contributed by atoms with E-state index in [0.717, 1.165) is 125 Å². The number of benzene rings is 12. The number of aromatic amines is 3. The number of nitrogens with zero attached hydrogens (tertiary/aromatic N) is 4. The molecule has 0 aliphatic rings. The Bertz CT molecular complexity index is 5820. The summed E-state index contributed by atoms with van der Waals surface area (Å²) >= 11 is 0. The lowest BCUT2D eigenvalue weighted by atomic mass is 10.0. The zero-order valence-electron chi connectivity index (χ0n) is 63.8. The molecule has 3 N–H and O–H groups in total. The summed E-state index contributed by atoms with van der Waals surface area (Å²) in [4.78, 5) is 71.9. The van der Waals surface area contributed by atoms with Crippen molar-refractivity contribution in [3.63, 3.8) is 0 Å². The van der Waals surface area contributed by atoms with Crippen LogP contribution in [0.15, 0.2) is 339 Å². The Morgan fingerprint density at radius 1 is 0.228 bits per heavy atom. The van der Waals surface area contributed by atoms with Gasteiger partial charge >= 0.3 is 5.63 Å². The summed E-state index contributed by atoms with van der Waals surface area (Å²) in [6.07, 6.45) is 0. The maximum Gasteiger partial charge on any atom is 0.344 e. The third-order valence-corrected chi connectivity index (χ3v) is 19.9. The van der Waals surface area contributed by atoms with Crippen molar-refractivity contribution < 1.29 is 32.8 Å². The Morgan fingerprint density at radius 2 is 0.412 bits per heavy atom. The second-order valence-electron chi connectivity index (χ2n) is 27.0. The van der Waals surface area contributed by atoms with Crippen LogP contribution in [0.25, 0.3) is 66.6 Å². The molecule has 0 aliphatic heterocycles. The van der Waals surface area contributed by atoms with E-state index in [1.165, 1.54) is 5.56 Å². The molecular formula is C96H79N7O11. The fraction of sp³-hybridized carbons (Fsp3) is 0.0833. The molecule has 0 amide bonds. The van der Waals surface area contributed by atoms with Crippen LogP contribution in [0.1, 0.15) is 11.1 Å². The molecule has 0 saturated carbocycles. The molecule has 0 bridgehead atoms. The highest BCUT2D eigenvalue weighted by Gasteiger charge is 2.21. The van der Waals surface area contributed by atoms with Gasteiger partial charge in [-0.15, -0.1) is 0 Å². The second-order valence-corrected chi connectivity index (χ2v) is 27.0. The van der Waals surface area contributed by atoms with Crippen molar-refractivity contribution in [2.45, 2.75) is 13.8 Å². The van der Waals surface area contributed by atoms with Gasteiger partial charge in [0.1, 0.15) is 40.3 Å². The van der Waals surface area contributed by atoms with Crippen LogP contribution < -0.4 is 70.3 Å². The summed E-state index contributed by atoms with van der Waals surface area (Å²) in [5.41, 5.74) is 16.4. The number of nitrogens with one attached hydrogen (secondary N) is 3. The Labute approximate surface area is 657 Å². The Hall–Kier alpha value is -15.0. The summed E-state index contributed by atoms with van der Waals surface area (Å²) < 4.78 is 38.2. The van der Waals surface area contributed by atoms with Crippen LogP contribution in [0.4, 0.5) is 68.2 Å². The molecule has 0 saturated heterocycles. The normalized spacial score (nSPS) is 10.9. The lowest BCUT2D eigenvalue weighted by molar-refractivity contribution is 0.414. The van der Waals surface area contributed by atoms with Gasteiger partial charge in [0, 0.05) is 90.9 Å². The molecule has 4 aromatic heterocycles. The first kappa shape index (κ1) is 74.4. The summed E-state index contributed by atoms with van der Waals surface area (Å²) in [7, 11) is 9.85. The zero-order valence-corrected chi connectivity index (χ0v) is 63.8. The summed E-state index contributed by atoms with van der Waals surface area (Å²) in [5.74, 6) is 4.85. The molecule has 564 valence electrons. The largest absolute Gasteiger partial charge is 0.497 e. The molecule has 0 radical (unpaired) electrons. The van der Waals surface area contributed by atoms with E-state index < -0.39 is 5.63 Å². The van der Waals surface area contributed by atoms with Gasteiger partial charge in [-0.3, -0.25) is 14.4 Å². The first-order valence-corrected chi connectivity index (χ1v) is 36.7. The van der Waals surface area contributed by atoms with Gasteiger partial charge in [-0.05, 0) is 285 Å². The number of methoxy groups -OCH3 is 6. The molecule has 18 nitrogen and oxygen atoms in total. The number of ether oxygens (including phenoxy) is 6. The zero-order chi connectivity index (χ0) is 78.9. The van der Waals surface area contributed by atoms with E-state index in [0.29, 0.717) is 33.4 Å². The molecule has 18 heteroatoms. The van der Waals surface area contributed by atoms with E-state index in [9.17, 15) is 19.2 Å². The molecule has 0 atom stereocenters. The number of pyridine rings is 3. The summed E-state index contributed by atoms with van der Waals surface area (Å²) in [6.45, 7) is 4.12. The number of rotatable bonds is 22. The van der Waals surface area contributed by atoms with Crippen molar-refractivity contribution in [2.24, 2.45) is 0 Å². The number of anilines is 12. The number of hydrogen-bond donors (Lipinski definition) is 3. The minimum atomic E-state index is -0.598. The highest BCUT2D eigenvalue weighted by Crippen LogP contribution is 2.43. The van der Waals surface area contributed by atoms with Gasteiger partial charge in [0.25, 0.3) is 16.7 Å². The average Bonchev–Trinajstić information content (AvgIpc) is 0.782. The first-order chi connectivity index (χ1) is 55.6. The van der Waals surface area contributed by atoms with E-state index >= 15 is 0 Å². The predicted molar refractivity (Wildman–Crippen MR) is 458 cm³/mol. The Morgan fingerprint density at radius 3 is 0.632 bits per heavy atom. The fourth-order valence-electron chi connectivity index (χ4n) is 13.8. The number of H-pyrrole nitrogens is 3. The van der Waals surface area contributed by atoms with Gasteiger partial charge < -0.3 is 67.4 Å². The highest BCUT2D eigenvalue weighted by atomic mass is 16.5. The number of hydrogen-bond acceptors (Lipinski definition) is 15. The quantitative estimate of drug-likeness (QED) is 0.0579. The van der Waals surface area contributed by atoms with Crippen molar-refractivity contribution in [1.82, 2.24) is 15.0 Å². The third kappa shape index (κ3) is 15.9. The van der Waals surface area contributed by atoms with Crippen molar-refractivity contribution in [2.75, 3.05) is 62.3 Å². The van der Waals surface area contributed by atoms with Crippen LogP contribution in [0, 0.1) is 13.8 Å². The van der Waals surface area contributed by atoms with E-state index in [-0.39, 0.29) is 33.2 Å². The van der Waals surface area contributed by atoms with Gasteiger partial charge in [-0.2, -0.15) is 0 Å². The minimum absolute atomic E-state index is 0.197. The topological polar surface area (TPSA) is 197 Å². The minimum Gasteiger partial charge on any atom is -0.497 e. The van der Waals surface area contributed by atoms with Crippen molar-refractivity contribution in [3.05, 3.63) is 368 Å². The van der Waals surface area contributed by atoms with Gasteiger partial charge in [-0.25, -0.2) is 4.79 Å². The van der Waals surface area contributed by atoms with E-state index in [2.05, 4.69) is 96.9 Å². The SMILES string of the molecule is COc1ccc(N(c2ccc(C)cc2)c2ccc(-c3cc4c(=O)[nH]c(-c5ccc(N(c6ccc(OC)cc6)c6ccc(OC)cc6)cc5)cc4c(=O)[nH]3)cc2)cc1.COc1ccc(N(c2ccc(C)cc2)c2ccc(-c3cc4c(=O)oc(-c5ccc(N(c6ccc(OC)cc6)c6ccc(OC)cc6)cc5)cc4c(=O)[nH]3)cc2)cc1. The van der Waals surface area contributed by atoms with E-state index in [1.54, 1.807) is 66.9 Å². The van der Waals surface area contributed by atoms with Gasteiger partial charge in [0.05, 0.1) is 64.2 Å². The van der Waals surface area contributed by atoms with Crippen molar-refractivity contribution in [1.29, 1.82) is 0 Å². The summed E-state index contributed by atoms with van der Waals surface area (Å²) in [6, 6.07) is 102. The van der Waals surface area contributed by atoms with Crippen LogP contribution in [-0.2, 0) is 0 Å². The van der Waals surface area contributed by atoms with Crippen molar-refractivity contribution >= 4 is 89.8 Å². The fourth-order valence-corrected chi connectivity index (χ4v) is 13.8. The molecule has 12 aromatic carbocycles. The van der Waals surface area contributed by atoms with Gasteiger partial charge in [0.15, 0.2) is 0 Å². The molecule has 0 unspecified atom stereocenters. The van der Waals surface area contributed by atoms with E-state index in [4.69, 9.17) is 32.8 Å². The second kappa shape index (κ2) is 33.0. The van der Waals surface area contributed by atoms with Crippen LogP contribution >= 0.6 is 0 Å². The molecular weight excluding hydrogens is 1430 g/mol.